The fourth-order valence-corrected chi connectivity index (χ4v) is 3.86. The van der Waals surface area contributed by atoms with Crippen molar-refractivity contribution >= 4 is 15.9 Å². The molecule has 2 atom stereocenters. The highest BCUT2D eigenvalue weighted by Crippen LogP contribution is 2.20. The van der Waals surface area contributed by atoms with Crippen molar-refractivity contribution in [3.05, 3.63) is 17.6 Å². The zero-order valence-electron chi connectivity index (χ0n) is 15.6. The molecule has 0 saturated carbocycles. The number of likely N-dealkylation sites (tertiary alicyclic amines) is 1. The molecule has 1 N–H and O–H groups in total. The molecule has 0 bridgehead atoms. The molecule has 1 amide bonds. The summed E-state index contributed by atoms with van der Waals surface area (Å²) in [6.07, 6.45) is 3.85. The van der Waals surface area contributed by atoms with Gasteiger partial charge in [-0.15, -0.1) is 0 Å². The van der Waals surface area contributed by atoms with E-state index in [1.807, 2.05) is 13.8 Å². The minimum absolute atomic E-state index is 0.177. The zero-order valence-corrected chi connectivity index (χ0v) is 16.4. The third-order valence-corrected chi connectivity index (χ3v) is 5.16. The van der Waals surface area contributed by atoms with E-state index in [1.165, 1.54) is 13.4 Å². The topological polar surface area (TPSA) is 111 Å². The molecule has 0 aliphatic carbocycles. The van der Waals surface area contributed by atoms with Gasteiger partial charge in [-0.1, -0.05) is 0 Å². The second-order valence-electron chi connectivity index (χ2n) is 6.43. The van der Waals surface area contributed by atoms with Gasteiger partial charge in [-0.05, 0) is 26.7 Å². The third-order valence-electron chi connectivity index (χ3n) is 4.42. The minimum atomic E-state index is -3.38. The second kappa shape index (κ2) is 8.74. The van der Waals surface area contributed by atoms with Gasteiger partial charge in [0, 0.05) is 31.0 Å². The first-order chi connectivity index (χ1) is 12.2. The molecule has 1 aromatic rings. The first-order valence-corrected chi connectivity index (χ1v) is 10.3. The summed E-state index contributed by atoms with van der Waals surface area (Å²) in [6, 6.07) is -0.765. The molecule has 1 aliphatic rings. The van der Waals surface area contributed by atoms with Crippen LogP contribution in [0.3, 0.4) is 0 Å². The number of piperidine rings is 1. The molecule has 0 unspecified atom stereocenters. The summed E-state index contributed by atoms with van der Waals surface area (Å²) in [5.74, 6) is 0.139. The van der Waals surface area contributed by atoms with Gasteiger partial charge in [0.1, 0.15) is 6.33 Å². The van der Waals surface area contributed by atoms with Crippen molar-refractivity contribution < 1.29 is 22.7 Å². The summed E-state index contributed by atoms with van der Waals surface area (Å²) in [4.78, 5) is 22.4. The quantitative estimate of drug-likeness (QED) is 0.704. The Hall–Kier alpha value is -1.78. The molecule has 0 aromatic carbocycles. The van der Waals surface area contributed by atoms with E-state index in [0.717, 1.165) is 17.5 Å². The van der Waals surface area contributed by atoms with Gasteiger partial charge in [-0.3, -0.25) is 4.79 Å². The van der Waals surface area contributed by atoms with Gasteiger partial charge in [-0.2, -0.15) is 0 Å². The third kappa shape index (κ3) is 5.36. The number of carbonyl (C=O) groups excluding carboxylic acids is 1. The van der Waals surface area contributed by atoms with Gasteiger partial charge in [0.2, 0.25) is 15.9 Å². The summed E-state index contributed by atoms with van der Waals surface area (Å²) in [7, 11) is -1.86. The molecule has 1 saturated heterocycles. The van der Waals surface area contributed by atoms with E-state index >= 15 is 0 Å². The molecule has 2 rings (SSSR count). The molecule has 0 spiro atoms. The largest absolute Gasteiger partial charge is 0.467 e. The summed E-state index contributed by atoms with van der Waals surface area (Å²) in [5.41, 5.74) is 1.57. The number of sulfonamides is 1. The van der Waals surface area contributed by atoms with Crippen LogP contribution in [-0.2, 0) is 19.6 Å². The molecule has 10 heteroatoms. The number of aryl methyl sites for hydroxylation is 1. The number of amides is 1. The standard InChI is InChI=1S/C16H26N4O5S/c1-11-12(2)17-10-18-16(11)25-9-15(21)20-7-5-6-13(14(20)8-24-3)19-26(4,22)23/h10,13-14,19H,5-9H2,1-4H3/t13-,14-/m0/s1. The van der Waals surface area contributed by atoms with Crippen LogP contribution in [0.1, 0.15) is 24.1 Å². The molecular formula is C16H26N4O5S. The molecule has 1 aromatic heterocycles. The lowest BCUT2D eigenvalue weighted by molar-refractivity contribution is -0.139. The molecule has 9 nitrogen and oxygen atoms in total. The summed E-state index contributed by atoms with van der Waals surface area (Å²) in [6.45, 7) is 4.26. The maximum atomic E-state index is 12.7. The number of methoxy groups -OCH3 is 1. The van der Waals surface area contributed by atoms with E-state index in [1.54, 1.807) is 4.90 Å². The molecular weight excluding hydrogens is 360 g/mol. The average molecular weight is 386 g/mol. The Labute approximate surface area is 154 Å². The monoisotopic (exact) mass is 386 g/mol. The van der Waals surface area contributed by atoms with Crippen LogP contribution in [0.5, 0.6) is 5.88 Å². The van der Waals surface area contributed by atoms with Crippen LogP contribution >= 0.6 is 0 Å². The van der Waals surface area contributed by atoms with E-state index in [4.69, 9.17) is 9.47 Å². The Morgan fingerprint density at radius 1 is 1.38 bits per heavy atom. The molecule has 1 aliphatic heterocycles. The maximum Gasteiger partial charge on any atom is 0.260 e. The van der Waals surface area contributed by atoms with Crippen molar-refractivity contribution in [2.75, 3.05) is 33.1 Å². The smallest absolute Gasteiger partial charge is 0.260 e. The fraction of sp³-hybridized carbons (Fsp3) is 0.688. The van der Waals surface area contributed by atoms with Crippen molar-refractivity contribution in [1.29, 1.82) is 0 Å². The normalized spacial score (nSPS) is 20.8. The van der Waals surface area contributed by atoms with Crippen LogP contribution < -0.4 is 9.46 Å². The maximum absolute atomic E-state index is 12.7. The molecule has 0 radical (unpaired) electrons. The Kier molecular flexibility index (Phi) is 6.90. The van der Waals surface area contributed by atoms with Crippen molar-refractivity contribution in [2.45, 2.75) is 38.8 Å². The average Bonchev–Trinajstić information content (AvgIpc) is 2.56. The lowest BCUT2D eigenvalue weighted by Gasteiger charge is -2.40. The van der Waals surface area contributed by atoms with Crippen molar-refractivity contribution in [1.82, 2.24) is 19.6 Å². The zero-order chi connectivity index (χ0) is 19.3. The number of aromatic nitrogens is 2. The van der Waals surface area contributed by atoms with Crippen LogP contribution in [0.4, 0.5) is 0 Å². The van der Waals surface area contributed by atoms with Crippen LogP contribution in [0.2, 0.25) is 0 Å². The van der Waals surface area contributed by atoms with Crippen LogP contribution in [0, 0.1) is 13.8 Å². The number of hydrogen-bond acceptors (Lipinski definition) is 7. The van der Waals surface area contributed by atoms with E-state index in [9.17, 15) is 13.2 Å². The summed E-state index contributed by atoms with van der Waals surface area (Å²) in [5, 5.41) is 0. The van der Waals surface area contributed by atoms with Crippen LogP contribution in [0.15, 0.2) is 6.33 Å². The van der Waals surface area contributed by atoms with Gasteiger partial charge in [0.15, 0.2) is 6.61 Å². The van der Waals surface area contributed by atoms with Crippen LogP contribution in [0.25, 0.3) is 0 Å². The Bertz CT molecular complexity index is 740. The highest BCUT2D eigenvalue weighted by molar-refractivity contribution is 7.88. The predicted molar refractivity (Wildman–Crippen MR) is 95.4 cm³/mol. The van der Waals surface area contributed by atoms with E-state index in [-0.39, 0.29) is 31.2 Å². The lowest BCUT2D eigenvalue weighted by Crippen LogP contribution is -2.59. The number of hydrogen-bond donors (Lipinski definition) is 1. The Morgan fingerprint density at radius 2 is 2.12 bits per heavy atom. The first kappa shape index (κ1) is 20.5. The van der Waals surface area contributed by atoms with Gasteiger partial charge in [0.25, 0.3) is 5.91 Å². The molecule has 1 fully saturated rings. The highest BCUT2D eigenvalue weighted by Gasteiger charge is 2.35. The van der Waals surface area contributed by atoms with Gasteiger partial charge in [-0.25, -0.2) is 23.1 Å². The predicted octanol–water partition coefficient (Wildman–Crippen LogP) is 0.0274. The molecule has 146 valence electrons. The Balaban J connectivity index is 2.08. The number of carbonyl (C=O) groups is 1. The molecule has 26 heavy (non-hydrogen) atoms. The Morgan fingerprint density at radius 3 is 2.77 bits per heavy atom. The van der Waals surface area contributed by atoms with Crippen molar-refractivity contribution in [3.8, 4) is 5.88 Å². The van der Waals surface area contributed by atoms with Crippen molar-refractivity contribution in [2.24, 2.45) is 0 Å². The van der Waals surface area contributed by atoms with E-state index < -0.39 is 10.0 Å². The SMILES string of the molecule is COC[C@H]1[C@@H](NS(C)(=O)=O)CCCN1C(=O)COc1ncnc(C)c1C. The number of nitrogens with zero attached hydrogens (tertiary/aromatic N) is 3. The van der Waals surface area contributed by atoms with Gasteiger partial charge < -0.3 is 14.4 Å². The highest BCUT2D eigenvalue weighted by atomic mass is 32.2. The molecule has 2 heterocycles. The van der Waals surface area contributed by atoms with E-state index in [0.29, 0.717) is 25.3 Å². The fourth-order valence-electron chi connectivity index (χ4n) is 3.03. The number of nitrogens with one attached hydrogen (secondary N) is 1. The minimum Gasteiger partial charge on any atom is -0.467 e. The van der Waals surface area contributed by atoms with Gasteiger partial charge >= 0.3 is 0 Å². The second-order valence-corrected chi connectivity index (χ2v) is 8.21. The van der Waals surface area contributed by atoms with Crippen molar-refractivity contribution in [3.63, 3.8) is 0 Å². The van der Waals surface area contributed by atoms with Gasteiger partial charge in [0.05, 0.1) is 18.9 Å². The van der Waals surface area contributed by atoms with Crippen LogP contribution in [-0.4, -0.2) is 74.4 Å². The summed E-state index contributed by atoms with van der Waals surface area (Å²) < 4.78 is 36.6. The van der Waals surface area contributed by atoms with E-state index in [2.05, 4.69) is 14.7 Å². The summed E-state index contributed by atoms with van der Waals surface area (Å²) >= 11 is 0. The lowest BCUT2D eigenvalue weighted by atomic mass is 9.97. The number of rotatable bonds is 7. The number of ether oxygens (including phenoxy) is 2. The first-order valence-electron chi connectivity index (χ1n) is 8.39.